The van der Waals surface area contributed by atoms with Crippen LogP contribution >= 0.6 is 0 Å². The molecule has 0 fully saturated rings. The Morgan fingerprint density at radius 3 is 2.67 bits per heavy atom. The van der Waals surface area contributed by atoms with E-state index in [0.29, 0.717) is 17.8 Å². The lowest BCUT2D eigenvalue weighted by Crippen LogP contribution is -2.18. The smallest absolute Gasteiger partial charge is 0.146 e. The molecule has 3 nitrogen and oxygen atoms in total. The third kappa shape index (κ3) is 2.54. The summed E-state index contributed by atoms with van der Waals surface area (Å²) in [6, 6.07) is 6.63. The van der Waals surface area contributed by atoms with Crippen LogP contribution in [-0.2, 0) is 13.2 Å². The fourth-order valence-electron chi connectivity index (χ4n) is 1.87. The van der Waals surface area contributed by atoms with Gasteiger partial charge in [0.05, 0.1) is 18.6 Å². The molecule has 0 aliphatic heterocycles. The second-order valence-electron chi connectivity index (χ2n) is 4.30. The fourth-order valence-corrected chi connectivity index (χ4v) is 1.87. The lowest BCUT2D eigenvalue weighted by Gasteiger charge is -2.20. The summed E-state index contributed by atoms with van der Waals surface area (Å²) in [7, 11) is 1.82. The van der Waals surface area contributed by atoms with Gasteiger partial charge in [-0.3, -0.25) is 0 Å². The van der Waals surface area contributed by atoms with Crippen molar-refractivity contribution in [2.24, 2.45) is 0 Å². The summed E-state index contributed by atoms with van der Waals surface area (Å²) in [4.78, 5) is 1.81. The van der Waals surface area contributed by atoms with Gasteiger partial charge < -0.3 is 14.4 Å². The predicted molar refractivity (Wildman–Crippen MR) is 67.9 cm³/mol. The van der Waals surface area contributed by atoms with Crippen LogP contribution in [-0.4, -0.2) is 12.2 Å². The minimum Gasteiger partial charge on any atom is -0.469 e. The lowest BCUT2D eigenvalue weighted by molar-refractivity contribution is 0.281. The molecule has 0 spiro atoms. The van der Waals surface area contributed by atoms with E-state index >= 15 is 0 Å². The number of nitrogens with zero attached hydrogens (tertiary/aromatic N) is 1. The largest absolute Gasteiger partial charge is 0.469 e. The highest BCUT2D eigenvalue weighted by Gasteiger charge is 2.11. The van der Waals surface area contributed by atoms with Crippen LogP contribution in [0.25, 0.3) is 0 Å². The third-order valence-corrected chi connectivity index (χ3v) is 2.98. The summed E-state index contributed by atoms with van der Waals surface area (Å²) in [5, 5.41) is 8.94. The normalized spacial score (nSPS) is 10.7. The van der Waals surface area contributed by atoms with Crippen molar-refractivity contribution in [1.82, 2.24) is 0 Å². The zero-order chi connectivity index (χ0) is 13.1. The number of aliphatic hydroxyl groups is 1. The predicted octanol–water partition coefficient (Wildman–Crippen LogP) is 2.86. The van der Waals surface area contributed by atoms with Crippen LogP contribution in [0, 0.1) is 12.7 Å². The third-order valence-electron chi connectivity index (χ3n) is 2.98. The van der Waals surface area contributed by atoms with E-state index in [4.69, 9.17) is 9.52 Å². The van der Waals surface area contributed by atoms with Gasteiger partial charge >= 0.3 is 0 Å². The molecule has 0 aliphatic carbocycles. The first-order valence-corrected chi connectivity index (χ1v) is 5.75. The summed E-state index contributed by atoms with van der Waals surface area (Å²) in [6.07, 6.45) is 1.63. The molecule has 96 valence electrons. The van der Waals surface area contributed by atoms with E-state index in [9.17, 15) is 4.39 Å². The van der Waals surface area contributed by atoms with Crippen molar-refractivity contribution in [3.05, 3.63) is 53.2 Å². The zero-order valence-electron chi connectivity index (χ0n) is 10.5. The topological polar surface area (TPSA) is 36.6 Å². The Balaban J connectivity index is 2.19. The number of aryl methyl sites for hydroxylation is 1. The van der Waals surface area contributed by atoms with Crippen LogP contribution in [0.4, 0.5) is 10.1 Å². The highest BCUT2D eigenvalue weighted by atomic mass is 19.1. The van der Waals surface area contributed by atoms with Gasteiger partial charge in [-0.05, 0) is 30.7 Å². The molecule has 0 radical (unpaired) electrons. The first-order valence-electron chi connectivity index (χ1n) is 5.75. The number of anilines is 1. The Bertz CT molecular complexity index is 536. The Labute approximate surface area is 105 Å². The molecule has 18 heavy (non-hydrogen) atoms. The van der Waals surface area contributed by atoms with Crippen LogP contribution in [0.1, 0.15) is 16.9 Å². The summed E-state index contributed by atoms with van der Waals surface area (Å²) in [5.41, 5.74) is 2.11. The Morgan fingerprint density at radius 1 is 1.33 bits per heavy atom. The van der Waals surface area contributed by atoms with E-state index in [0.717, 1.165) is 11.3 Å². The molecule has 0 amide bonds. The van der Waals surface area contributed by atoms with Crippen LogP contribution in [0.15, 0.2) is 34.9 Å². The number of halogens is 1. The molecular weight excluding hydrogens is 233 g/mol. The number of hydrogen-bond acceptors (Lipinski definition) is 3. The van der Waals surface area contributed by atoms with Gasteiger partial charge in [-0.2, -0.15) is 0 Å². The zero-order valence-corrected chi connectivity index (χ0v) is 10.5. The molecule has 0 saturated heterocycles. The number of hydrogen-bond donors (Lipinski definition) is 1. The number of rotatable bonds is 4. The SMILES string of the molecule is Cc1occc1CN(C)c1ccc(CO)cc1F. The lowest BCUT2D eigenvalue weighted by atomic mass is 10.2. The van der Waals surface area contributed by atoms with Gasteiger partial charge in [0.2, 0.25) is 0 Å². The van der Waals surface area contributed by atoms with Gasteiger partial charge in [0.1, 0.15) is 11.6 Å². The molecule has 2 aromatic rings. The van der Waals surface area contributed by atoms with Gasteiger partial charge in [-0.1, -0.05) is 6.07 Å². The summed E-state index contributed by atoms with van der Waals surface area (Å²) in [5.74, 6) is 0.513. The molecule has 0 bridgehead atoms. The van der Waals surface area contributed by atoms with E-state index in [1.807, 2.05) is 24.9 Å². The van der Waals surface area contributed by atoms with Crippen molar-refractivity contribution in [2.75, 3.05) is 11.9 Å². The van der Waals surface area contributed by atoms with Crippen LogP contribution in [0.5, 0.6) is 0 Å². The van der Waals surface area contributed by atoms with Crippen molar-refractivity contribution in [3.8, 4) is 0 Å². The van der Waals surface area contributed by atoms with Crippen molar-refractivity contribution < 1.29 is 13.9 Å². The highest BCUT2D eigenvalue weighted by Crippen LogP contribution is 2.22. The summed E-state index contributed by atoms with van der Waals surface area (Å²) < 4.78 is 19.1. The van der Waals surface area contributed by atoms with E-state index < -0.39 is 0 Å². The number of furan rings is 1. The molecule has 0 aliphatic rings. The maximum Gasteiger partial charge on any atom is 0.146 e. The average molecular weight is 249 g/mol. The molecule has 0 atom stereocenters. The van der Waals surface area contributed by atoms with Crippen molar-refractivity contribution in [1.29, 1.82) is 0 Å². The van der Waals surface area contributed by atoms with Crippen molar-refractivity contribution >= 4 is 5.69 Å². The van der Waals surface area contributed by atoms with E-state index in [1.165, 1.54) is 6.07 Å². The molecule has 1 heterocycles. The second kappa shape index (κ2) is 5.23. The van der Waals surface area contributed by atoms with E-state index in [2.05, 4.69) is 0 Å². The van der Waals surface area contributed by atoms with Crippen LogP contribution in [0.3, 0.4) is 0 Å². The molecule has 0 unspecified atom stereocenters. The van der Waals surface area contributed by atoms with Gasteiger partial charge in [-0.25, -0.2) is 4.39 Å². The molecule has 2 rings (SSSR count). The standard InChI is InChI=1S/C14H16FNO2/c1-10-12(5-6-18-10)8-16(2)14-4-3-11(9-17)7-13(14)15/h3-7,17H,8-9H2,1-2H3. The Kier molecular flexibility index (Phi) is 3.67. The van der Waals surface area contributed by atoms with Gasteiger partial charge in [0.15, 0.2) is 0 Å². The van der Waals surface area contributed by atoms with Gasteiger partial charge in [0.25, 0.3) is 0 Å². The summed E-state index contributed by atoms with van der Waals surface area (Å²) in [6.45, 7) is 2.31. The van der Waals surface area contributed by atoms with Gasteiger partial charge in [0, 0.05) is 19.2 Å². The molecule has 4 heteroatoms. The van der Waals surface area contributed by atoms with E-state index in [-0.39, 0.29) is 12.4 Å². The first-order chi connectivity index (χ1) is 8.61. The minimum atomic E-state index is -0.329. The molecule has 1 aromatic carbocycles. The van der Waals surface area contributed by atoms with Crippen molar-refractivity contribution in [2.45, 2.75) is 20.1 Å². The Morgan fingerprint density at radius 2 is 2.11 bits per heavy atom. The van der Waals surface area contributed by atoms with Gasteiger partial charge in [-0.15, -0.1) is 0 Å². The maximum atomic E-state index is 13.8. The fraction of sp³-hybridized carbons (Fsp3) is 0.286. The Hall–Kier alpha value is -1.81. The van der Waals surface area contributed by atoms with E-state index in [1.54, 1.807) is 18.4 Å². The second-order valence-corrected chi connectivity index (χ2v) is 4.30. The molecule has 1 N–H and O–H groups in total. The monoisotopic (exact) mass is 249 g/mol. The molecule has 0 saturated carbocycles. The first kappa shape index (κ1) is 12.6. The average Bonchev–Trinajstić information content (AvgIpc) is 2.74. The van der Waals surface area contributed by atoms with Crippen molar-refractivity contribution in [3.63, 3.8) is 0 Å². The quantitative estimate of drug-likeness (QED) is 0.905. The summed E-state index contributed by atoms with van der Waals surface area (Å²) >= 11 is 0. The minimum absolute atomic E-state index is 0.151. The number of benzene rings is 1. The highest BCUT2D eigenvalue weighted by molar-refractivity contribution is 5.49. The van der Waals surface area contributed by atoms with Crippen LogP contribution in [0.2, 0.25) is 0 Å². The maximum absolute atomic E-state index is 13.8. The molecular formula is C14H16FNO2. The number of aliphatic hydroxyl groups excluding tert-OH is 1. The molecule has 1 aromatic heterocycles. The van der Waals surface area contributed by atoms with Crippen LogP contribution < -0.4 is 4.90 Å².